The molecule has 0 aliphatic heterocycles. The van der Waals surface area contributed by atoms with Crippen molar-refractivity contribution in [3.05, 3.63) is 0 Å². The van der Waals surface area contributed by atoms with Crippen LogP contribution in [0.1, 0.15) is 77.6 Å². The summed E-state index contributed by atoms with van der Waals surface area (Å²) in [7, 11) is 0. The van der Waals surface area contributed by atoms with Crippen LogP contribution in [-0.2, 0) is 0 Å². The van der Waals surface area contributed by atoms with Crippen LogP contribution in [0.15, 0.2) is 0 Å². The summed E-state index contributed by atoms with van der Waals surface area (Å²) in [5.74, 6) is 1.59. The molecular weight excluding hydrogens is 196 g/mol. The van der Waals surface area contributed by atoms with E-state index in [4.69, 9.17) is 0 Å². The molecule has 1 N–H and O–H groups in total. The summed E-state index contributed by atoms with van der Waals surface area (Å²) in [6.45, 7) is 2.29. The lowest BCUT2D eigenvalue weighted by atomic mass is 9.67. The van der Waals surface area contributed by atoms with Crippen LogP contribution in [0.2, 0.25) is 0 Å². The van der Waals surface area contributed by atoms with Gasteiger partial charge in [0.05, 0.1) is 5.60 Å². The van der Waals surface area contributed by atoms with E-state index in [0.717, 1.165) is 18.8 Å². The molecule has 1 nitrogen and oxygen atoms in total. The molecule has 2 aliphatic rings. The second-order valence-electron chi connectivity index (χ2n) is 6.17. The minimum Gasteiger partial charge on any atom is -0.390 e. The van der Waals surface area contributed by atoms with Gasteiger partial charge in [0.2, 0.25) is 0 Å². The van der Waals surface area contributed by atoms with Crippen LogP contribution in [0, 0.1) is 11.8 Å². The molecule has 0 saturated heterocycles. The Hall–Kier alpha value is -0.0400. The predicted octanol–water partition coefficient (Wildman–Crippen LogP) is 4.29. The van der Waals surface area contributed by atoms with Gasteiger partial charge < -0.3 is 5.11 Å². The van der Waals surface area contributed by atoms with Gasteiger partial charge in [0.1, 0.15) is 0 Å². The summed E-state index contributed by atoms with van der Waals surface area (Å²) in [4.78, 5) is 0. The number of hydrogen-bond acceptors (Lipinski definition) is 1. The van der Waals surface area contributed by atoms with Crippen molar-refractivity contribution in [2.75, 3.05) is 0 Å². The quantitative estimate of drug-likeness (QED) is 0.758. The van der Waals surface area contributed by atoms with Gasteiger partial charge in [-0.2, -0.15) is 0 Å². The summed E-state index contributed by atoms with van der Waals surface area (Å²) >= 11 is 0. The Morgan fingerprint density at radius 1 is 1.00 bits per heavy atom. The van der Waals surface area contributed by atoms with E-state index in [0.29, 0.717) is 5.92 Å². The van der Waals surface area contributed by atoms with Crippen molar-refractivity contribution in [1.82, 2.24) is 0 Å². The van der Waals surface area contributed by atoms with E-state index in [2.05, 4.69) is 6.92 Å². The van der Waals surface area contributed by atoms with E-state index in [1.165, 1.54) is 57.8 Å². The third kappa shape index (κ3) is 2.80. The summed E-state index contributed by atoms with van der Waals surface area (Å²) in [6.07, 6.45) is 14.1. The van der Waals surface area contributed by atoms with E-state index in [-0.39, 0.29) is 5.60 Å². The van der Waals surface area contributed by atoms with Crippen LogP contribution in [-0.4, -0.2) is 10.7 Å². The van der Waals surface area contributed by atoms with Crippen molar-refractivity contribution in [1.29, 1.82) is 0 Å². The lowest BCUT2D eigenvalue weighted by Crippen LogP contribution is -2.41. The monoisotopic (exact) mass is 224 g/mol. The van der Waals surface area contributed by atoms with E-state index in [1.807, 2.05) is 0 Å². The molecule has 2 fully saturated rings. The smallest absolute Gasteiger partial charge is 0.0675 e. The molecule has 2 aliphatic carbocycles. The molecule has 0 aromatic rings. The van der Waals surface area contributed by atoms with Crippen molar-refractivity contribution in [3.8, 4) is 0 Å². The number of rotatable bonds is 3. The minimum atomic E-state index is -0.268. The Morgan fingerprint density at radius 3 is 2.19 bits per heavy atom. The van der Waals surface area contributed by atoms with Crippen molar-refractivity contribution >= 4 is 0 Å². The zero-order valence-corrected chi connectivity index (χ0v) is 10.9. The zero-order chi connectivity index (χ0) is 11.4. The molecule has 0 atom stereocenters. The summed E-state index contributed by atoms with van der Waals surface area (Å²) in [6, 6.07) is 0. The van der Waals surface area contributed by atoms with E-state index in [9.17, 15) is 5.11 Å². The fourth-order valence-corrected chi connectivity index (χ4v) is 3.97. The molecule has 0 unspecified atom stereocenters. The van der Waals surface area contributed by atoms with E-state index >= 15 is 0 Å². The summed E-state index contributed by atoms with van der Waals surface area (Å²) in [5.41, 5.74) is -0.268. The maximum atomic E-state index is 10.7. The van der Waals surface area contributed by atoms with Crippen LogP contribution in [0.5, 0.6) is 0 Å². The first-order valence-electron chi connectivity index (χ1n) is 7.47. The molecule has 94 valence electrons. The van der Waals surface area contributed by atoms with Gasteiger partial charge in [-0.3, -0.25) is 0 Å². The first kappa shape index (κ1) is 12.4. The standard InChI is InChI=1S/C15H28O/c1-2-6-13-7-9-14(10-8-13)15(16)11-4-3-5-12-15/h13-14,16H,2-12H2,1H3/t13-,14-. The van der Waals surface area contributed by atoms with Crippen LogP contribution < -0.4 is 0 Å². The maximum Gasteiger partial charge on any atom is 0.0675 e. The first-order chi connectivity index (χ1) is 7.74. The number of aliphatic hydroxyl groups is 1. The molecule has 0 bridgehead atoms. The average Bonchev–Trinajstić information content (AvgIpc) is 2.31. The van der Waals surface area contributed by atoms with Crippen LogP contribution >= 0.6 is 0 Å². The molecule has 0 radical (unpaired) electrons. The van der Waals surface area contributed by atoms with Crippen molar-refractivity contribution in [2.24, 2.45) is 11.8 Å². The molecule has 0 aromatic heterocycles. The van der Waals surface area contributed by atoms with Crippen LogP contribution in [0.4, 0.5) is 0 Å². The summed E-state index contributed by atoms with van der Waals surface area (Å²) < 4.78 is 0. The molecule has 16 heavy (non-hydrogen) atoms. The van der Waals surface area contributed by atoms with Crippen molar-refractivity contribution in [2.45, 2.75) is 83.2 Å². The van der Waals surface area contributed by atoms with Gasteiger partial charge in [0.25, 0.3) is 0 Å². The van der Waals surface area contributed by atoms with Crippen LogP contribution in [0.3, 0.4) is 0 Å². The third-order valence-electron chi connectivity index (χ3n) is 5.02. The average molecular weight is 224 g/mol. The van der Waals surface area contributed by atoms with Gasteiger partial charge in [-0.1, -0.05) is 51.9 Å². The molecule has 0 heterocycles. The highest BCUT2D eigenvalue weighted by molar-refractivity contribution is 4.91. The Morgan fingerprint density at radius 2 is 1.62 bits per heavy atom. The second kappa shape index (κ2) is 5.53. The largest absolute Gasteiger partial charge is 0.390 e. The Labute approximate surface area is 101 Å². The molecular formula is C15H28O. The van der Waals surface area contributed by atoms with Crippen molar-refractivity contribution < 1.29 is 5.11 Å². The second-order valence-corrected chi connectivity index (χ2v) is 6.17. The highest BCUT2D eigenvalue weighted by atomic mass is 16.3. The zero-order valence-electron chi connectivity index (χ0n) is 10.9. The fourth-order valence-electron chi connectivity index (χ4n) is 3.97. The molecule has 0 spiro atoms. The Kier molecular flexibility index (Phi) is 4.29. The third-order valence-corrected chi connectivity index (χ3v) is 5.02. The predicted molar refractivity (Wildman–Crippen MR) is 68.4 cm³/mol. The fraction of sp³-hybridized carbons (Fsp3) is 1.00. The van der Waals surface area contributed by atoms with E-state index in [1.54, 1.807) is 0 Å². The van der Waals surface area contributed by atoms with Gasteiger partial charge in [-0.15, -0.1) is 0 Å². The lowest BCUT2D eigenvalue weighted by molar-refractivity contribution is -0.0656. The topological polar surface area (TPSA) is 20.2 Å². The Bertz CT molecular complexity index is 197. The highest BCUT2D eigenvalue weighted by Gasteiger charge is 2.39. The van der Waals surface area contributed by atoms with Gasteiger partial charge in [-0.05, 0) is 37.5 Å². The van der Waals surface area contributed by atoms with Gasteiger partial charge in [-0.25, -0.2) is 0 Å². The Balaban J connectivity index is 1.83. The molecule has 0 aromatic carbocycles. The van der Waals surface area contributed by atoms with Gasteiger partial charge in [0, 0.05) is 0 Å². The lowest BCUT2D eigenvalue weighted by Gasteiger charge is -2.42. The normalized spacial score (nSPS) is 34.9. The minimum absolute atomic E-state index is 0.268. The maximum absolute atomic E-state index is 10.7. The molecule has 0 amide bonds. The van der Waals surface area contributed by atoms with E-state index < -0.39 is 0 Å². The van der Waals surface area contributed by atoms with Gasteiger partial charge in [0.15, 0.2) is 0 Å². The van der Waals surface area contributed by atoms with Crippen molar-refractivity contribution in [3.63, 3.8) is 0 Å². The molecule has 2 saturated carbocycles. The first-order valence-corrected chi connectivity index (χ1v) is 7.47. The SMILES string of the molecule is CCC[C@H]1CC[C@H](C2(O)CCCCC2)CC1. The van der Waals surface area contributed by atoms with Gasteiger partial charge >= 0.3 is 0 Å². The molecule has 2 rings (SSSR count). The highest BCUT2D eigenvalue weighted by Crippen LogP contribution is 2.43. The molecule has 1 heteroatoms. The van der Waals surface area contributed by atoms with Crippen LogP contribution in [0.25, 0.3) is 0 Å². The summed E-state index contributed by atoms with van der Waals surface area (Å²) in [5, 5.41) is 10.7. The number of hydrogen-bond donors (Lipinski definition) is 1.